The zero-order chi connectivity index (χ0) is 13.2. The largest absolute Gasteiger partial charge is 0.466 e. The molecule has 2 N–H and O–H groups in total. The van der Waals surface area contributed by atoms with Crippen LogP contribution >= 0.6 is 0 Å². The molecule has 1 aliphatic heterocycles. The summed E-state index contributed by atoms with van der Waals surface area (Å²) in [5.74, 6) is 0.339. The minimum Gasteiger partial charge on any atom is -0.466 e. The molecule has 2 fully saturated rings. The van der Waals surface area contributed by atoms with Crippen LogP contribution in [-0.4, -0.2) is 30.8 Å². The number of hydrogen-bond donors (Lipinski definition) is 1. The monoisotopic (exact) mass is 255 g/mol. The van der Waals surface area contributed by atoms with Crippen molar-refractivity contribution >= 4 is 5.97 Å². The van der Waals surface area contributed by atoms with Crippen molar-refractivity contribution in [3.63, 3.8) is 0 Å². The van der Waals surface area contributed by atoms with E-state index in [-0.39, 0.29) is 23.5 Å². The number of carbonyl (C=O) groups is 1. The summed E-state index contributed by atoms with van der Waals surface area (Å²) in [7, 11) is 0. The molecule has 2 rings (SSSR count). The van der Waals surface area contributed by atoms with Crippen molar-refractivity contribution in [2.75, 3.05) is 13.2 Å². The molecule has 0 aromatic rings. The number of esters is 1. The first-order valence-electron chi connectivity index (χ1n) is 7.19. The fourth-order valence-electron chi connectivity index (χ4n) is 3.49. The highest BCUT2D eigenvalue weighted by molar-refractivity contribution is 5.75. The van der Waals surface area contributed by atoms with Gasteiger partial charge >= 0.3 is 5.97 Å². The molecule has 2 atom stereocenters. The van der Waals surface area contributed by atoms with Gasteiger partial charge < -0.3 is 15.2 Å². The third-order valence-corrected chi connectivity index (χ3v) is 4.63. The molecule has 0 aromatic heterocycles. The maximum atomic E-state index is 12.1. The van der Waals surface area contributed by atoms with Gasteiger partial charge in [-0.25, -0.2) is 0 Å². The van der Waals surface area contributed by atoms with Gasteiger partial charge in [0.1, 0.15) is 5.92 Å². The van der Waals surface area contributed by atoms with Crippen molar-refractivity contribution in [2.24, 2.45) is 17.6 Å². The maximum absolute atomic E-state index is 12.1. The molecule has 4 nitrogen and oxygen atoms in total. The van der Waals surface area contributed by atoms with Gasteiger partial charge in [-0.1, -0.05) is 13.3 Å². The first-order valence-corrected chi connectivity index (χ1v) is 7.19. The number of rotatable bonds is 3. The molecular formula is C14H25NO3. The minimum atomic E-state index is -0.336. The Morgan fingerprint density at radius 3 is 2.61 bits per heavy atom. The highest BCUT2D eigenvalue weighted by Gasteiger charge is 2.54. The average Bonchev–Trinajstić information content (AvgIpc) is 2.68. The van der Waals surface area contributed by atoms with E-state index in [1.807, 2.05) is 6.92 Å². The average molecular weight is 255 g/mol. The summed E-state index contributed by atoms with van der Waals surface area (Å²) in [6, 6.07) is -0.206. The van der Waals surface area contributed by atoms with Crippen LogP contribution in [0.1, 0.15) is 46.0 Å². The normalized spacial score (nSPS) is 40.1. The van der Waals surface area contributed by atoms with Gasteiger partial charge in [0.15, 0.2) is 0 Å². The predicted octanol–water partition coefficient (Wildman–Crippen LogP) is 1.86. The van der Waals surface area contributed by atoms with Crippen LogP contribution in [0.15, 0.2) is 0 Å². The van der Waals surface area contributed by atoms with Crippen LogP contribution in [0.25, 0.3) is 0 Å². The van der Waals surface area contributed by atoms with Crippen LogP contribution in [0, 0.1) is 11.8 Å². The number of carbonyl (C=O) groups excluding carboxylic acids is 1. The molecule has 1 heterocycles. The summed E-state index contributed by atoms with van der Waals surface area (Å²) in [5, 5.41) is 0. The molecular weight excluding hydrogens is 230 g/mol. The van der Waals surface area contributed by atoms with Crippen molar-refractivity contribution in [3.8, 4) is 0 Å². The topological polar surface area (TPSA) is 61.5 Å². The van der Waals surface area contributed by atoms with Crippen molar-refractivity contribution in [2.45, 2.75) is 57.6 Å². The van der Waals surface area contributed by atoms with Crippen LogP contribution in [0.5, 0.6) is 0 Å². The molecule has 1 spiro atoms. The second-order valence-corrected chi connectivity index (χ2v) is 5.62. The van der Waals surface area contributed by atoms with Gasteiger partial charge in [-0.15, -0.1) is 0 Å². The van der Waals surface area contributed by atoms with Gasteiger partial charge in [0.05, 0.1) is 18.8 Å². The zero-order valence-electron chi connectivity index (χ0n) is 11.5. The van der Waals surface area contributed by atoms with Gasteiger partial charge in [-0.3, -0.25) is 4.79 Å². The van der Waals surface area contributed by atoms with Crippen LogP contribution < -0.4 is 5.73 Å². The standard InChI is InChI=1S/C14H25NO3/c1-3-10-5-7-14(8-6-10)12(11(15)9-18-14)13(16)17-4-2/h10-12H,3-9,15H2,1-2H3. The number of nitrogens with two attached hydrogens (primary N) is 1. The van der Waals surface area contributed by atoms with E-state index in [1.165, 1.54) is 6.42 Å². The first-order chi connectivity index (χ1) is 8.63. The SMILES string of the molecule is CCOC(=O)C1C(N)COC12CCC(CC)CC2. The van der Waals surface area contributed by atoms with Crippen molar-refractivity contribution < 1.29 is 14.3 Å². The summed E-state index contributed by atoms with van der Waals surface area (Å²) in [6.07, 6.45) is 5.38. The quantitative estimate of drug-likeness (QED) is 0.782. The molecule has 0 aromatic carbocycles. The second-order valence-electron chi connectivity index (χ2n) is 5.62. The first kappa shape index (κ1) is 13.8. The summed E-state index contributed by atoms with van der Waals surface area (Å²) < 4.78 is 11.1. The number of hydrogen-bond acceptors (Lipinski definition) is 4. The third-order valence-electron chi connectivity index (χ3n) is 4.63. The van der Waals surface area contributed by atoms with E-state index in [4.69, 9.17) is 15.2 Å². The van der Waals surface area contributed by atoms with E-state index >= 15 is 0 Å². The van der Waals surface area contributed by atoms with E-state index in [1.54, 1.807) is 0 Å². The Balaban J connectivity index is 2.09. The molecule has 1 saturated carbocycles. The second kappa shape index (κ2) is 5.57. The van der Waals surface area contributed by atoms with Crippen molar-refractivity contribution in [3.05, 3.63) is 0 Å². The Kier molecular flexibility index (Phi) is 4.28. The highest BCUT2D eigenvalue weighted by atomic mass is 16.5. The van der Waals surface area contributed by atoms with E-state index in [2.05, 4.69) is 6.92 Å². The molecule has 0 radical (unpaired) electrons. The van der Waals surface area contributed by atoms with E-state index in [9.17, 15) is 4.79 Å². The van der Waals surface area contributed by atoms with E-state index in [0.717, 1.165) is 31.6 Å². The lowest BCUT2D eigenvalue weighted by Crippen LogP contribution is -2.48. The fraction of sp³-hybridized carbons (Fsp3) is 0.929. The van der Waals surface area contributed by atoms with Crippen molar-refractivity contribution in [1.29, 1.82) is 0 Å². The fourth-order valence-corrected chi connectivity index (χ4v) is 3.49. The van der Waals surface area contributed by atoms with E-state index in [0.29, 0.717) is 13.2 Å². The molecule has 1 saturated heterocycles. The molecule has 0 bridgehead atoms. The molecule has 2 unspecified atom stereocenters. The van der Waals surface area contributed by atoms with Crippen LogP contribution in [0.2, 0.25) is 0 Å². The Morgan fingerprint density at radius 2 is 2.06 bits per heavy atom. The lowest BCUT2D eigenvalue weighted by Gasteiger charge is -2.39. The van der Waals surface area contributed by atoms with Crippen LogP contribution in [0.3, 0.4) is 0 Å². The Hall–Kier alpha value is -0.610. The van der Waals surface area contributed by atoms with Gasteiger partial charge in [0, 0.05) is 6.04 Å². The maximum Gasteiger partial charge on any atom is 0.313 e. The highest BCUT2D eigenvalue weighted by Crippen LogP contribution is 2.45. The minimum absolute atomic E-state index is 0.169. The lowest BCUT2D eigenvalue weighted by molar-refractivity contribution is -0.157. The summed E-state index contributed by atoms with van der Waals surface area (Å²) in [6.45, 7) is 4.96. The molecule has 4 heteroatoms. The third kappa shape index (κ3) is 2.41. The molecule has 104 valence electrons. The lowest BCUT2D eigenvalue weighted by atomic mass is 9.71. The molecule has 18 heavy (non-hydrogen) atoms. The van der Waals surface area contributed by atoms with Gasteiger partial charge in [-0.05, 0) is 38.5 Å². The van der Waals surface area contributed by atoms with Crippen molar-refractivity contribution in [1.82, 2.24) is 0 Å². The molecule has 1 aliphatic carbocycles. The Labute approximate surface area is 109 Å². The van der Waals surface area contributed by atoms with Gasteiger partial charge in [-0.2, -0.15) is 0 Å². The smallest absolute Gasteiger partial charge is 0.313 e. The summed E-state index contributed by atoms with van der Waals surface area (Å²) >= 11 is 0. The predicted molar refractivity (Wildman–Crippen MR) is 69.0 cm³/mol. The van der Waals surface area contributed by atoms with Crippen LogP contribution in [-0.2, 0) is 14.3 Å². The summed E-state index contributed by atoms with van der Waals surface area (Å²) in [5.41, 5.74) is 5.72. The molecule has 0 amide bonds. The van der Waals surface area contributed by atoms with Gasteiger partial charge in [0.2, 0.25) is 0 Å². The zero-order valence-corrected chi connectivity index (χ0v) is 11.5. The van der Waals surface area contributed by atoms with Crippen LogP contribution in [0.4, 0.5) is 0 Å². The van der Waals surface area contributed by atoms with Gasteiger partial charge in [0.25, 0.3) is 0 Å². The Bertz CT molecular complexity index is 297. The Morgan fingerprint density at radius 1 is 1.39 bits per heavy atom. The summed E-state index contributed by atoms with van der Waals surface area (Å²) in [4.78, 5) is 12.1. The number of ether oxygens (including phenoxy) is 2. The van der Waals surface area contributed by atoms with E-state index < -0.39 is 0 Å². The molecule has 2 aliphatic rings.